The fourth-order valence-electron chi connectivity index (χ4n) is 3.97. The van der Waals surface area contributed by atoms with Gasteiger partial charge in [0.1, 0.15) is 5.58 Å². The van der Waals surface area contributed by atoms with E-state index in [0.717, 1.165) is 0 Å². The monoisotopic (exact) mass is 469 g/mol. The van der Waals surface area contributed by atoms with E-state index >= 15 is 0 Å². The van der Waals surface area contributed by atoms with Crippen LogP contribution in [0, 0.1) is 6.92 Å². The Morgan fingerprint density at radius 3 is 2.67 bits per heavy atom. The number of hydrogen-bond acceptors (Lipinski definition) is 9. The zero-order valence-electron chi connectivity index (χ0n) is 17.6. The predicted molar refractivity (Wildman–Crippen MR) is 115 cm³/mol. The maximum atomic E-state index is 13.0. The number of aromatic nitrogens is 2. The lowest BCUT2D eigenvalue weighted by atomic mass is 10.1. The number of ether oxygens (including phenoxy) is 3. The zero-order chi connectivity index (χ0) is 22.6. The highest BCUT2D eigenvalue weighted by Crippen LogP contribution is 2.37. The van der Waals surface area contributed by atoms with E-state index in [-0.39, 0.29) is 17.6 Å². The second-order valence-electron chi connectivity index (χ2n) is 7.72. The van der Waals surface area contributed by atoms with Gasteiger partial charge >= 0.3 is 0 Å². The van der Waals surface area contributed by atoms with Gasteiger partial charge in [-0.25, -0.2) is 8.42 Å². The van der Waals surface area contributed by atoms with Crippen LogP contribution < -0.4 is 9.47 Å². The number of sulfonamides is 1. The quantitative estimate of drug-likeness (QED) is 0.444. The summed E-state index contributed by atoms with van der Waals surface area (Å²) >= 11 is 0. The molecule has 0 saturated carbocycles. The highest BCUT2D eigenvalue weighted by Gasteiger charge is 2.28. The molecule has 11 heteroatoms. The first-order valence-electron chi connectivity index (χ1n) is 10.4. The van der Waals surface area contributed by atoms with Crippen molar-refractivity contribution < 1.29 is 31.6 Å². The standard InChI is InChI=1S/C22H19N3O7S/c1-13-16-11-15(33(26,27)25-6-8-28-9-7-25)3-5-17(16)31-20(13)22-23-21(24-32-22)14-2-4-18-19(10-14)30-12-29-18/h2-5,10-11H,6-9,12H2,1H3. The second kappa shape index (κ2) is 7.58. The number of aryl methyl sites for hydroxylation is 1. The number of rotatable bonds is 4. The van der Waals surface area contributed by atoms with Crippen LogP contribution >= 0.6 is 0 Å². The highest BCUT2D eigenvalue weighted by molar-refractivity contribution is 7.89. The van der Waals surface area contributed by atoms with Crippen molar-refractivity contribution in [1.29, 1.82) is 0 Å². The molecule has 0 bridgehead atoms. The van der Waals surface area contributed by atoms with Crippen LogP contribution in [0.15, 0.2) is 50.2 Å². The maximum absolute atomic E-state index is 13.0. The average molecular weight is 469 g/mol. The smallest absolute Gasteiger partial charge is 0.294 e. The van der Waals surface area contributed by atoms with E-state index in [0.29, 0.717) is 71.5 Å². The Morgan fingerprint density at radius 1 is 1.00 bits per heavy atom. The summed E-state index contributed by atoms with van der Waals surface area (Å²) in [4.78, 5) is 4.68. The SMILES string of the molecule is Cc1c(-c2nc(-c3ccc4c(c3)OCO4)no2)oc2ccc(S(=O)(=O)N3CCOCC3)cc12. The van der Waals surface area contributed by atoms with E-state index in [1.54, 1.807) is 30.3 Å². The Bertz CT molecular complexity index is 1470. The van der Waals surface area contributed by atoms with Crippen LogP contribution in [0.2, 0.25) is 0 Å². The third-order valence-corrected chi connectivity index (χ3v) is 7.66. The summed E-state index contributed by atoms with van der Waals surface area (Å²) < 4.78 is 54.9. The van der Waals surface area contributed by atoms with Crippen molar-refractivity contribution in [3.63, 3.8) is 0 Å². The largest absolute Gasteiger partial charge is 0.454 e. The van der Waals surface area contributed by atoms with Crippen LogP contribution in [0.5, 0.6) is 11.5 Å². The molecule has 4 aromatic rings. The number of furan rings is 1. The molecule has 1 fully saturated rings. The molecule has 10 nitrogen and oxygen atoms in total. The fraction of sp³-hybridized carbons (Fsp3) is 0.273. The van der Waals surface area contributed by atoms with Crippen LogP contribution in [0.3, 0.4) is 0 Å². The van der Waals surface area contributed by atoms with Gasteiger partial charge in [0.15, 0.2) is 17.3 Å². The van der Waals surface area contributed by atoms with E-state index in [4.69, 9.17) is 23.2 Å². The van der Waals surface area contributed by atoms with Gasteiger partial charge in [0.25, 0.3) is 5.89 Å². The molecule has 0 aliphatic carbocycles. The molecule has 2 aliphatic rings. The fourth-order valence-corrected chi connectivity index (χ4v) is 5.40. The number of hydrogen-bond donors (Lipinski definition) is 0. The van der Waals surface area contributed by atoms with Crippen molar-refractivity contribution >= 4 is 21.0 Å². The molecule has 0 amide bonds. The first-order valence-corrected chi connectivity index (χ1v) is 11.8. The number of nitrogens with zero attached hydrogens (tertiary/aromatic N) is 3. The zero-order valence-corrected chi connectivity index (χ0v) is 18.4. The Labute approximate surface area is 188 Å². The lowest BCUT2D eigenvalue weighted by molar-refractivity contribution is 0.0730. The molecule has 6 rings (SSSR count). The summed E-state index contributed by atoms with van der Waals surface area (Å²) in [7, 11) is -3.62. The first-order chi connectivity index (χ1) is 16.0. The third-order valence-electron chi connectivity index (χ3n) is 5.77. The molecule has 2 aromatic carbocycles. The molecule has 2 aliphatic heterocycles. The molecule has 1 saturated heterocycles. The molecule has 0 spiro atoms. The normalized spacial score (nSPS) is 16.5. The summed E-state index contributed by atoms with van der Waals surface area (Å²) in [5.41, 5.74) is 1.96. The summed E-state index contributed by atoms with van der Waals surface area (Å²) in [6.45, 7) is 3.45. The van der Waals surface area contributed by atoms with Crippen LogP contribution in [-0.2, 0) is 14.8 Å². The summed E-state index contributed by atoms with van der Waals surface area (Å²) in [6.07, 6.45) is 0. The van der Waals surface area contributed by atoms with Gasteiger partial charge < -0.3 is 23.2 Å². The highest BCUT2D eigenvalue weighted by atomic mass is 32.2. The van der Waals surface area contributed by atoms with E-state index in [9.17, 15) is 8.42 Å². The van der Waals surface area contributed by atoms with Crippen molar-refractivity contribution in [2.45, 2.75) is 11.8 Å². The lowest BCUT2D eigenvalue weighted by Gasteiger charge is -2.26. The molecule has 0 radical (unpaired) electrons. The third kappa shape index (κ3) is 3.36. The van der Waals surface area contributed by atoms with Crippen molar-refractivity contribution in [2.75, 3.05) is 33.1 Å². The summed E-state index contributed by atoms with van der Waals surface area (Å²) in [5.74, 6) is 2.25. The van der Waals surface area contributed by atoms with Crippen molar-refractivity contribution in [3.8, 4) is 34.5 Å². The van der Waals surface area contributed by atoms with Crippen LogP contribution in [0.25, 0.3) is 34.0 Å². The van der Waals surface area contributed by atoms with Gasteiger partial charge in [-0.15, -0.1) is 0 Å². The van der Waals surface area contributed by atoms with Crippen LogP contribution in [0.4, 0.5) is 0 Å². The van der Waals surface area contributed by atoms with Crippen molar-refractivity contribution in [1.82, 2.24) is 14.4 Å². The van der Waals surface area contributed by atoms with Crippen LogP contribution in [0.1, 0.15) is 5.56 Å². The Kier molecular flexibility index (Phi) is 4.64. The number of morpholine rings is 1. The minimum absolute atomic E-state index is 0.178. The van der Waals surface area contributed by atoms with E-state index in [1.807, 2.05) is 13.0 Å². The Balaban J connectivity index is 1.35. The lowest BCUT2D eigenvalue weighted by Crippen LogP contribution is -2.40. The van der Waals surface area contributed by atoms with Gasteiger partial charge in [-0.2, -0.15) is 9.29 Å². The molecule has 33 heavy (non-hydrogen) atoms. The average Bonchev–Trinajstić information content (AvgIpc) is 3.58. The molecule has 0 atom stereocenters. The van der Waals surface area contributed by atoms with Crippen molar-refractivity contribution in [3.05, 3.63) is 42.0 Å². The van der Waals surface area contributed by atoms with E-state index in [2.05, 4.69) is 10.1 Å². The van der Waals surface area contributed by atoms with Gasteiger partial charge in [0, 0.05) is 29.6 Å². The summed E-state index contributed by atoms with van der Waals surface area (Å²) in [5, 5.41) is 4.73. The minimum Gasteiger partial charge on any atom is -0.454 e. The van der Waals surface area contributed by atoms with Crippen LogP contribution in [-0.4, -0.2) is 56.0 Å². The molecular weight excluding hydrogens is 450 g/mol. The maximum Gasteiger partial charge on any atom is 0.294 e. The molecule has 170 valence electrons. The molecule has 0 N–H and O–H groups in total. The molecule has 4 heterocycles. The predicted octanol–water partition coefficient (Wildman–Crippen LogP) is 3.21. The van der Waals surface area contributed by atoms with Gasteiger partial charge in [0.2, 0.25) is 22.6 Å². The molecule has 0 unspecified atom stereocenters. The summed E-state index contributed by atoms with van der Waals surface area (Å²) in [6, 6.07) is 10.2. The molecule has 2 aromatic heterocycles. The minimum atomic E-state index is -3.62. The Morgan fingerprint density at radius 2 is 1.82 bits per heavy atom. The number of benzene rings is 2. The topological polar surface area (TPSA) is 117 Å². The first kappa shape index (κ1) is 20.2. The molecular formula is C22H19N3O7S. The van der Waals surface area contributed by atoms with E-state index in [1.165, 1.54) is 4.31 Å². The Hall–Kier alpha value is -3.41. The van der Waals surface area contributed by atoms with Crippen molar-refractivity contribution in [2.24, 2.45) is 0 Å². The second-order valence-corrected chi connectivity index (χ2v) is 9.66. The number of fused-ring (bicyclic) bond motifs is 2. The van der Waals surface area contributed by atoms with Gasteiger partial charge in [-0.05, 0) is 43.3 Å². The van der Waals surface area contributed by atoms with E-state index < -0.39 is 10.0 Å². The van der Waals surface area contributed by atoms with Gasteiger partial charge in [-0.3, -0.25) is 0 Å². The van der Waals surface area contributed by atoms with Gasteiger partial charge in [0.05, 0.1) is 18.1 Å². The van der Waals surface area contributed by atoms with Gasteiger partial charge in [-0.1, -0.05) is 5.16 Å².